The van der Waals surface area contributed by atoms with Gasteiger partial charge in [0, 0.05) is 0 Å². The Morgan fingerprint density at radius 3 is 2.29 bits per heavy atom. The van der Waals surface area contributed by atoms with Crippen LogP contribution in [-0.4, -0.2) is 37.0 Å². The van der Waals surface area contributed by atoms with Crippen LogP contribution >= 0.6 is 0 Å². The Morgan fingerprint density at radius 1 is 0.964 bits per heavy atom. The summed E-state index contributed by atoms with van der Waals surface area (Å²) in [6.07, 6.45) is 0. The highest BCUT2D eigenvalue weighted by atomic mass is 19.1. The van der Waals surface area contributed by atoms with Gasteiger partial charge in [0.25, 0.3) is 11.8 Å². The molecule has 4 N–H and O–H groups in total. The summed E-state index contributed by atoms with van der Waals surface area (Å²) in [5.41, 5.74) is 4.96. The maximum atomic E-state index is 13.4. The summed E-state index contributed by atoms with van der Waals surface area (Å²) in [4.78, 5) is 45.8. The maximum Gasteiger partial charge on any atom is 0.338 e. The number of ether oxygens (including phenoxy) is 2. The van der Waals surface area contributed by atoms with E-state index < -0.39 is 36.2 Å². The smallest absolute Gasteiger partial charge is 0.338 e. The van der Waals surface area contributed by atoms with Gasteiger partial charge in [-0.2, -0.15) is 0 Å². The van der Waals surface area contributed by atoms with Crippen LogP contribution in [0.2, 0.25) is 0 Å². The molecule has 0 aliphatic heterocycles. The predicted octanol–water partition coefficient (Wildman–Crippen LogP) is 1.19. The number of para-hydroxylation sites is 1. The van der Waals surface area contributed by atoms with E-state index in [1.54, 1.807) is 0 Å². The molecule has 0 aliphatic carbocycles. The first kappa shape index (κ1) is 20.4. The number of rotatable bonds is 7. The van der Waals surface area contributed by atoms with Crippen molar-refractivity contribution in [3.05, 3.63) is 59.9 Å². The molecule has 0 fully saturated rings. The topological polar surface area (TPSA) is 137 Å². The molecule has 0 atom stereocenters. The van der Waals surface area contributed by atoms with E-state index in [1.165, 1.54) is 42.5 Å². The molecule has 0 heterocycles. The van der Waals surface area contributed by atoms with Crippen LogP contribution in [-0.2, 0) is 14.3 Å². The van der Waals surface area contributed by atoms with Crippen LogP contribution in [0.4, 0.5) is 14.9 Å². The normalized spacial score (nSPS) is 9.89. The zero-order chi connectivity index (χ0) is 20.5. The van der Waals surface area contributed by atoms with E-state index in [0.717, 1.165) is 6.07 Å². The number of primary amides is 1. The first-order valence-corrected chi connectivity index (χ1v) is 7.89. The van der Waals surface area contributed by atoms with Crippen LogP contribution in [0.3, 0.4) is 0 Å². The fourth-order valence-corrected chi connectivity index (χ4v) is 1.93. The number of hydrogen-bond acceptors (Lipinski definition) is 6. The third-order valence-electron chi connectivity index (χ3n) is 3.18. The van der Waals surface area contributed by atoms with Crippen LogP contribution in [0.15, 0.2) is 48.5 Å². The lowest BCUT2D eigenvalue weighted by Crippen LogP contribution is -2.37. The molecule has 0 unspecified atom stereocenters. The van der Waals surface area contributed by atoms with Crippen LogP contribution in [0.5, 0.6) is 5.75 Å². The van der Waals surface area contributed by atoms with Crippen molar-refractivity contribution in [2.45, 2.75) is 0 Å². The number of hydrogen-bond donors (Lipinski definition) is 3. The van der Waals surface area contributed by atoms with E-state index in [-0.39, 0.29) is 17.9 Å². The van der Waals surface area contributed by atoms with Crippen molar-refractivity contribution in [3.8, 4) is 5.75 Å². The Bertz CT molecular complexity index is 885. The fraction of sp³-hybridized carbons (Fsp3) is 0.111. The van der Waals surface area contributed by atoms with Gasteiger partial charge in [-0.05, 0) is 36.4 Å². The number of anilines is 1. The van der Waals surface area contributed by atoms with Gasteiger partial charge in [-0.15, -0.1) is 0 Å². The maximum absolute atomic E-state index is 13.4. The monoisotopic (exact) mass is 389 g/mol. The average Bonchev–Trinajstić information content (AvgIpc) is 2.66. The van der Waals surface area contributed by atoms with Gasteiger partial charge in [0.15, 0.2) is 13.2 Å². The molecule has 0 aliphatic rings. The van der Waals surface area contributed by atoms with E-state index in [0.29, 0.717) is 5.75 Å². The Labute approximate surface area is 158 Å². The highest BCUT2D eigenvalue weighted by molar-refractivity contribution is 6.02. The SMILES string of the molecule is NC(=O)COc1ccc(C(=O)OCC(=O)NC(=O)Nc2ccccc2F)cc1. The van der Waals surface area contributed by atoms with Crippen LogP contribution in [0.25, 0.3) is 0 Å². The molecule has 2 aromatic rings. The minimum Gasteiger partial charge on any atom is -0.484 e. The molecule has 28 heavy (non-hydrogen) atoms. The molecule has 0 saturated carbocycles. The molecule has 2 aromatic carbocycles. The summed E-state index contributed by atoms with van der Waals surface area (Å²) in [5.74, 6) is -2.71. The van der Waals surface area contributed by atoms with Gasteiger partial charge in [-0.3, -0.25) is 14.9 Å². The Hall–Kier alpha value is -3.95. The van der Waals surface area contributed by atoms with Gasteiger partial charge in [0.2, 0.25) is 0 Å². The zero-order valence-electron chi connectivity index (χ0n) is 14.4. The second-order valence-electron chi connectivity index (χ2n) is 5.34. The molecule has 0 aromatic heterocycles. The van der Waals surface area contributed by atoms with Crippen LogP contribution < -0.4 is 21.1 Å². The first-order valence-electron chi connectivity index (χ1n) is 7.89. The zero-order valence-corrected chi connectivity index (χ0v) is 14.4. The highest BCUT2D eigenvalue weighted by Crippen LogP contribution is 2.13. The quantitative estimate of drug-likeness (QED) is 0.609. The Balaban J connectivity index is 1.78. The molecular weight excluding hydrogens is 373 g/mol. The number of nitrogens with two attached hydrogens (primary N) is 1. The lowest BCUT2D eigenvalue weighted by molar-refractivity contribution is -0.123. The van der Waals surface area contributed by atoms with Gasteiger partial charge < -0.3 is 20.5 Å². The molecule has 9 nitrogen and oxygen atoms in total. The van der Waals surface area contributed by atoms with Crippen molar-refractivity contribution in [2.75, 3.05) is 18.5 Å². The molecule has 0 saturated heterocycles. The Kier molecular flexibility index (Phi) is 7.03. The minimum atomic E-state index is -0.970. The number of esters is 1. The second-order valence-corrected chi connectivity index (χ2v) is 5.34. The predicted molar refractivity (Wildman–Crippen MR) is 95.0 cm³/mol. The number of nitrogens with one attached hydrogen (secondary N) is 2. The average molecular weight is 389 g/mol. The van der Waals surface area contributed by atoms with Crippen molar-refractivity contribution >= 4 is 29.5 Å². The Morgan fingerprint density at radius 2 is 1.64 bits per heavy atom. The largest absolute Gasteiger partial charge is 0.484 e. The fourth-order valence-electron chi connectivity index (χ4n) is 1.93. The molecule has 0 radical (unpaired) electrons. The number of amides is 4. The van der Waals surface area contributed by atoms with Gasteiger partial charge in [-0.1, -0.05) is 12.1 Å². The van der Waals surface area contributed by atoms with E-state index in [2.05, 4.69) is 5.32 Å². The third kappa shape index (κ3) is 6.41. The van der Waals surface area contributed by atoms with E-state index in [4.69, 9.17) is 15.2 Å². The van der Waals surface area contributed by atoms with Gasteiger partial charge in [-0.25, -0.2) is 14.0 Å². The van der Waals surface area contributed by atoms with Gasteiger partial charge in [0.05, 0.1) is 11.3 Å². The third-order valence-corrected chi connectivity index (χ3v) is 3.18. The molecular formula is C18H16FN3O6. The summed E-state index contributed by atoms with van der Waals surface area (Å²) in [7, 11) is 0. The van der Waals surface area contributed by atoms with E-state index in [9.17, 15) is 23.6 Å². The number of urea groups is 1. The number of carbonyl (C=O) groups excluding carboxylic acids is 4. The van der Waals surface area contributed by atoms with Gasteiger partial charge in [0.1, 0.15) is 11.6 Å². The molecule has 2 rings (SSSR count). The standard InChI is InChI=1S/C18H16FN3O6/c19-13-3-1-2-4-14(13)21-18(26)22-16(24)10-28-17(25)11-5-7-12(8-6-11)27-9-15(20)23/h1-8H,9-10H2,(H2,20,23)(H2,21,22,24,26). The highest BCUT2D eigenvalue weighted by Gasteiger charge is 2.14. The lowest BCUT2D eigenvalue weighted by atomic mass is 10.2. The number of imide groups is 1. The summed E-state index contributed by atoms with van der Waals surface area (Å²) < 4.78 is 23.2. The molecule has 10 heteroatoms. The van der Waals surface area contributed by atoms with Crippen molar-refractivity contribution in [3.63, 3.8) is 0 Å². The van der Waals surface area contributed by atoms with Crippen LogP contribution in [0.1, 0.15) is 10.4 Å². The van der Waals surface area contributed by atoms with Gasteiger partial charge >= 0.3 is 12.0 Å². The second kappa shape index (κ2) is 9.67. The van der Waals surface area contributed by atoms with E-state index in [1.807, 2.05) is 5.32 Å². The summed E-state index contributed by atoms with van der Waals surface area (Å²) in [6.45, 7) is -1.03. The minimum absolute atomic E-state index is 0.108. The van der Waals surface area contributed by atoms with Crippen molar-refractivity contribution in [2.24, 2.45) is 5.73 Å². The molecule has 4 amide bonds. The lowest BCUT2D eigenvalue weighted by Gasteiger charge is -2.08. The molecule has 0 bridgehead atoms. The molecule has 0 spiro atoms. The van der Waals surface area contributed by atoms with E-state index >= 15 is 0 Å². The van der Waals surface area contributed by atoms with Crippen molar-refractivity contribution in [1.29, 1.82) is 0 Å². The first-order chi connectivity index (χ1) is 13.3. The number of benzene rings is 2. The van der Waals surface area contributed by atoms with Crippen molar-refractivity contribution < 1.29 is 33.0 Å². The number of carbonyl (C=O) groups is 4. The summed E-state index contributed by atoms with van der Waals surface area (Å²) in [6, 6.07) is 10.00. The number of halogens is 1. The van der Waals surface area contributed by atoms with Crippen molar-refractivity contribution in [1.82, 2.24) is 5.32 Å². The summed E-state index contributed by atoms with van der Waals surface area (Å²) in [5, 5.41) is 4.06. The summed E-state index contributed by atoms with van der Waals surface area (Å²) >= 11 is 0. The molecule has 146 valence electrons. The van der Waals surface area contributed by atoms with Crippen LogP contribution in [0, 0.1) is 5.82 Å².